The van der Waals surface area contributed by atoms with Gasteiger partial charge in [-0.1, -0.05) is 43.7 Å². The molecule has 3 heteroatoms. The smallest absolute Gasteiger partial charge is 0.239 e. The Kier molecular flexibility index (Phi) is 5.60. The van der Waals surface area contributed by atoms with Crippen LogP contribution >= 0.6 is 0 Å². The van der Waals surface area contributed by atoms with Gasteiger partial charge in [-0.25, -0.2) is 0 Å². The number of amides is 1. The Bertz CT molecular complexity index is 414. The highest BCUT2D eigenvalue weighted by Crippen LogP contribution is 2.27. The number of nitrogens with two attached hydrogens (primary N) is 1. The summed E-state index contributed by atoms with van der Waals surface area (Å²) in [5.74, 6) is 0.150. The van der Waals surface area contributed by atoms with Crippen LogP contribution in [0.5, 0.6) is 0 Å². The fourth-order valence-corrected chi connectivity index (χ4v) is 2.49. The average molecular weight is 274 g/mol. The van der Waals surface area contributed by atoms with Gasteiger partial charge in [0.2, 0.25) is 5.91 Å². The molecule has 0 unspecified atom stereocenters. The Balaban J connectivity index is 1.83. The molecule has 0 radical (unpaired) electrons. The Labute approximate surface area is 122 Å². The first kappa shape index (κ1) is 15.0. The number of carbonyl (C=O) groups excluding carboxylic acids is 1. The maximum Gasteiger partial charge on any atom is 0.239 e. The molecule has 2 N–H and O–H groups in total. The fraction of sp³-hybridized carbons (Fsp3) is 0.588. The van der Waals surface area contributed by atoms with Crippen molar-refractivity contribution in [3.8, 4) is 0 Å². The van der Waals surface area contributed by atoms with Gasteiger partial charge in [-0.05, 0) is 37.7 Å². The van der Waals surface area contributed by atoms with Crippen molar-refractivity contribution >= 4 is 5.91 Å². The summed E-state index contributed by atoms with van der Waals surface area (Å²) < 4.78 is 0. The minimum atomic E-state index is -0.354. The third-order valence-corrected chi connectivity index (χ3v) is 3.93. The number of unbranched alkanes of at least 4 members (excludes halogenated alkanes) is 1. The molecule has 1 aliphatic carbocycles. The number of hydrogen-bond acceptors (Lipinski definition) is 2. The molecule has 1 fully saturated rings. The van der Waals surface area contributed by atoms with Gasteiger partial charge >= 0.3 is 0 Å². The van der Waals surface area contributed by atoms with E-state index in [0.717, 1.165) is 45.1 Å². The fourth-order valence-electron chi connectivity index (χ4n) is 2.49. The third kappa shape index (κ3) is 4.34. The van der Waals surface area contributed by atoms with Crippen LogP contribution in [0, 0.1) is 0 Å². The average Bonchev–Trinajstić information content (AvgIpc) is 3.31. The molecule has 3 nitrogen and oxygen atoms in total. The molecule has 2 rings (SSSR count). The van der Waals surface area contributed by atoms with Crippen molar-refractivity contribution in [2.75, 3.05) is 6.54 Å². The van der Waals surface area contributed by atoms with Crippen LogP contribution in [0.15, 0.2) is 30.3 Å². The molecule has 1 aromatic carbocycles. The first-order chi connectivity index (χ1) is 9.72. The van der Waals surface area contributed by atoms with Gasteiger partial charge in [-0.15, -0.1) is 0 Å². The molecule has 110 valence electrons. The Hall–Kier alpha value is -1.35. The quantitative estimate of drug-likeness (QED) is 0.792. The minimum Gasteiger partial charge on any atom is -0.338 e. The van der Waals surface area contributed by atoms with Crippen molar-refractivity contribution < 1.29 is 4.79 Å². The molecule has 1 aromatic rings. The molecule has 1 atom stereocenters. The first-order valence-corrected chi connectivity index (χ1v) is 7.82. The van der Waals surface area contributed by atoms with Gasteiger partial charge in [0.15, 0.2) is 0 Å². The lowest BCUT2D eigenvalue weighted by molar-refractivity contribution is -0.133. The lowest BCUT2D eigenvalue weighted by atomic mass is 10.0. The topological polar surface area (TPSA) is 46.3 Å². The van der Waals surface area contributed by atoms with Gasteiger partial charge in [-0.3, -0.25) is 4.79 Å². The number of carbonyl (C=O) groups is 1. The second kappa shape index (κ2) is 7.44. The van der Waals surface area contributed by atoms with Crippen molar-refractivity contribution in [1.82, 2.24) is 4.90 Å². The Morgan fingerprint density at radius 1 is 1.35 bits per heavy atom. The van der Waals surface area contributed by atoms with E-state index in [9.17, 15) is 4.79 Å². The molecule has 0 saturated heterocycles. The second-order valence-corrected chi connectivity index (χ2v) is 5.75. The van der Waals surface area contributed by atoms with E-state index < -0.39 is 0 Å². The van der Waals surface area contributed by atoms with Crippen LogP contribution in [0.4, 0.5) is 0 Å². The SMILES string of the molecule is CCCCN(C(=O)[C@@H](N)CCc1ccccc1)C1CC1. The van der Waals surface area contributed by atoms with Gasteiger partial charge in [-0.2, -0.15) is 0 Å². The summed E-state index contributed by atoms with van der Waals surface area (Å²) in [6.45, 7) is 3.03. The van der Waals surface area contributed by atoms with Crippen LogP contribution < -0.4 is 5.73 Å². The predicted octanol–water partition coefficient (Wildman–Crippen LogP) is 2.74. The maximum absolute atomic E-state index is 12.5. The van der Waals surface area contributed by atoms with Crippen LogP contribution in [0.2, 0.25) is 0 Å². The molecule has 1 saturated carbocycles. The summed E-state index contributed by atoms with van der Waals surface area (Å²) in [6, 6.07) is 10.4. The van der Waals surface area contributed by atoms with E-state index in [2.05, 4.69) is 19.1 Å². The monoisotopic (exact) mass is 274 g/mol. The highest BCUT2D eigenvalue weighted by atomic mass is 16.2. The molecule has 0 aliphatic heterocycles. The summed E-state index contributed by atoms with van der Waals surface area (Å²) in [5, 5.41) is 0. The van der Waals surface area contributed by atoms with Gasteiger partial charge < -0.3 is 10.6 Å². The summed E-state index contributed by atoms with van der Waals surface area (Å²) in [6.07, 6.45) is 6.11. The number of aryl methyl sites for hydroxylation is 1. The molecule has 0 aromatic heterocycles. The van der Waals surface area contributed by atoms with Gasteiger partial charge in [0.25, 0.3) is 0 Å². The molecular weight excluding hydrogens is 248 g/mol. The minimum absolute atomic E-state index is 0.150. The zero-order valence-electron chi connectivity index (χ0n) is 12.4. The molecule has 0 heterocycles. The summed E-state index contributed by atoms with van der Waals surface area (Å²) in [7, 11) is 0. The zero-order valence-corrected chi connectivity index (χ0v) is 12.4. The van der Waals surface area contributed by atoms with Crippen LogP contribution in [0.3, 0.4) is 0 Å². The van der Waals surface area contributed by atoms with Gasteiger partial charge in [0.1, 0.15) is 0 Å². The number of nitrogens with zero attached hydrogens (tertiary/aromatic N) is 1. The lowest BCUT2D eigenvalue weighted by Crippen LogP contribution is -2.45. The van der Waals surface area contributed by atoms with Crippen molar-refractivity contribution in [1.29, 1.82) is 0 Å². The van der Waals surface area contributed by atoms with Crippen LogP contribution in [-0.2, 0) is 11.2 Å². The Morgan fingerprint density at radius 3 is 2.65 bits per heavy atom. The van der Waals surface area contributed by atoms with Crippen LogP contribution in [0.25, 0.3) is 0 Å². The molecular formula is C17H26N2O. The number of hydrogen-bond donors (Lipinski definition) is 1. The Morgan fingerprint density at radius 2 is 2.05 bits per heavy atom. The van der Waals surface area contributed by atoms with E-state index >= 15 is 0 Å². The second-order valence-electron chi connectivity index (χ2n) is 5.75. The van der Waals surface area contributed by atoms with E-state index in [4.69, 9.17) is 5.73 Å². The van der Waals surface area contributed by atoms with Crippen LogP contribution in [0.1, 0.15) is 44.6 Å². The molecule has 20 heavy (non-hydrogen) atoms. The molecule has 1 amide bonds. The summed E-state index contributed by atoms with van der Waals surface area (Å²) in [4.78, 5) is 14.5. The van der Waals surface area contributed by atoms with E-state index in [1.165, 1.54) is 5.56 Å². The maximum atomic E-state index is 12.5. The zero-order chi connectivity index (χ0) is 14.4. The van der Waals surface area contributed by atoms with E-state index in [-0.39, 0.29) is 11.9 Å². The van der Waals surface area contributed by atoms with E-state index in [1.807, 2.05) is 23.1 Å². The number of rotatable bonds is 8. The van der Waals surface area contributed by atoms with Crippen molar-refractivity contribution in [2.24, 2.45) is 5.73 Å². The summed E-state index contributed by atoms with van der Waals surface area (Å²) >= 11 is 0. The lowest BCUT2D eigenvalue weighted by Gasteiger charge is -2.25. The summed E-state index contributed by atoms with van der Waals surface area (Å²) in [5.41, 5.74) is 7.36. The van der Waals surface area contributed by atoms with Crippen molar-refractivity contribution in [3.63, 3.8) is 0 Å². The standard InChI is InChI=1S/C17H26N2O/c1-2-3-13-19(15-10-11-15)17(20)16(18)12-9-14-7-5-4-6-8-14/h4-8,15-16H,2-3,9-13,18H2,1H3/t16-/m0/s1. The number of benzene rings is 1. The van der Waals surface area contributed by atoms with Gasteiger partial charge in [0.05, 0.1) is 6.04 Å². The van der Waals surface area contributed by atoms with E-state index in [0.29, 0.717) is 6.04 Å². The van der Waals surface area contributed by atoms with Gasteiger partial charge in [0, 0.05) is 12.6 Å². The molecule has 0 bridgehead atoms. The van der Waals surface area contributed by atoms with Crippen molar-refractivity contribution in [2.45, 2.75) is 57.5 Å². The predicted molar refractivity (Wildman–Crippen MR) is 82.4 cm³/mol. The highest BCUT2D eigenvalue weighted by Gasteiger charge is 2.33. The molecule has 1 aliphatic rings. The van der Waals surface area contributed by atoms with Crippen LogP contribution in [-0.4, -0.2) is 29.4 Å². The normalized spacial score (nSPS) is 15.9. The van der Waals surface area contributed by atoms with Crippen molar-refractivity contribution in [3.05, 3.63) is 35.9 Å². The highest BCUT2D eigenvalue weighted by molar-refractivity contribution is 5.82. The molecule has 0 spiro atoms. The largest absolute Gasteiger partial charge is 0.338 e. The first-order valence-electron chi connectivity index (χ1n) is 7.82. The third-order valence-electron chi connectivity index (χ3n) is 3.93. The van der Waals surface area contributed by atoms with E-state index in [1.54, 1.807) is 0 Å².